The fourth-order valence-corrected chi connectivity index (χ4v) is 1.41. The van der Waals surface area contributed by atoms with Crippen molar-refractivity contribution in [1.29, 1.82) is 0 Å². The number of hydrogen-bond donors (Lipinski definition) is 2. The van der Waals surface area contributed by atoms with Gasteiger partial charge in [0.25, 0.3) is 6.43 Å². The Balaban J connectivity index is 2.94. The molecule has 1 aromatic carbocycles. The molecule has 0 aliphatic carbocycles. The smallest absolute Gasteiger partial charge is 0.264 e. The molecular formula is C10H11F2N3O2. The molecule has 0 saturated carbocycles. The summed E-state index contributed by atoms with van der Waals surface area (Å²) in [5.74, 6) is 0. The van der Waals surface area contributed by atoms with Crippen LogP contribution in [0.4, 0.5) is 8.78 Å². The number of alkyl halides is 2. The van der Waals surface area contributed by atoms with Crippen LogP contribution in [-0.4, -0.2) is 22.9 Å². The van der Waals surface area contributed by atoms with E-state index in [1.54, 1.807) is 0 Å². The summed E-state index contributed by atoms with van der Waals surface area (Å²) in [5, 5.41) is 22.2. The van der Waals surface area contributed by atoms with Gasteiger partial charge in [0, 0.05) is 10.5 Å². The van der Waals surface area contributed by atoms with E-state index in [9.17, 15) is 19.0 Å². The minimum absolute atomic E-state index is 0.0665. The second-order valence-corrected chi connectivity index (χ2v) is 3.36. The first kappa shape index (κ1) is 13.4. The monoisotopic (exact) mass is 243 g/mol. The maximum absolute atomic E-state index is 12.6. The van der Waals surface area contributed by atoms with Crippen LogP contribution in [0.5, 0.6) is 0 Å². The van der Waals surface area contributed by atoms with E-state index in [2.05, 4.69) is 10.0 Å². The maximum Gasteiger partial charge on any atom is 0.264 e. The van der Waals surface area contributed by atoms with E-state index in [-0.39, 0.29) is 17.7 Å². The van der Waals surface area contributed by atoms with E-state index >= 15 is 0 Å². The van der Waals surface area contributed by atoms with Gasteiger partial charge in [0.1, 0.15) is 6.10 Å². The second-order valence-electron chi connectivity index (χ2n) is 3.36. The topological polar surface area (TPSA) is 89.2 Å². The molecule has 5 nitrogen and oxygen atoms in total. The Morgan fingerprint density at radius 2 is 1.82 bits per heavy atom. The van der Waals surface area contributed by atoms with E-state index in [0.29, 0.717) is 0 Å². The van der Waals surface area contributed by atoms with Gasteiger partial charge in [0.05, 0.1) is 12.6 Å². The summed E-state index contributed by atoms with van der Waals surface area (Å²) in [6, 6.07) is 5.36. The molecule has 0 spiro atoms. The van der Waals surface area contributed by atoms with Gasteiger partial charge in [0.2, 0.25) is 0 Å². The summed E-state index contributed by atoms with van der Waals surface area (Å²) in [5.41, 5.74) is 7.64. The Kier molecular flexibility index (Phi) is 4.84. The minimum atomic E-state index is -2.74. The Hall–Kier alpha value is -1.69. The molecule has 92 valence electrons. The molecule has 0 aliphatic rings. The average Bonchev–Trinajstić information content (AvgIpc) is 2.34. The number of halogens is 2. The molecule has 2 atom stereocenters. The highest BCUT2D eigenvalue weighted by Crippen LogP contribution is 2.28. The van der Waals surface area contributed by atoms with Crippen molar-refractivity contribution >= 4 is 0 Å². The van der Waals surface area contributed by atoms with E-state index in [4.69, 9.17) is 5.53 Å². The summed E-state index contributed by atoms with van der Waals surface area (Å²) >= 11 is 0. The molecule has 2 N–H and O–H groups in total. The lowest BCUT2D eigenvalue weighted by molar-refractivity contribution is 0.0215. The lowest BCUT2D eigenvalue weighted by Crippen LogP contribution is -2.22. The number of nitrogens with zero attached hydrogens (tertiary/aromatic N) is 3. The van der Waals surface area contributed by atoms with Crippen molar-refractivity contribution in [3.8, 4) is 0 Å². The van der Waals surface area contributed by atoms with Crippen molar-refractivity contribution in [3.05, 3.63) is 45.8 Å². The second kappa shape index (κ2) is 6.15. The number of rotatable bonds is 5. The molecule has 0 aliphatic heterocycles. The Morgan fingerprint density at radius 1 is 1.24 bits per heavy atom. The molecule has 7 heteroatoms. The van der Waals surface area contributed by atoms with Gasteiger partial charge in [0.15, 0.2) is 0 Å². The molecule has 0 fully saturated rings. The summed E-state index contributed by atoms with van der Waals surface area (Å²) in [6.07, 6.45) is -5.66. The Morgan fingerprint density at radius 3 is 2.35 bits per heavy atom. The van der Waals surface area contributed by atoms with Gasteiger partial charge in [-0.25, -0.2) is 8.78 Å². The van der Waals surface area contributed by atoms with Crippen molar-refractivity contribution in [2.45, 2.75) is 18.6 Å². The SMILES string of the molecule is [N-]=[N+]=NCC(O)C(O)c1ccccc1C(F)F. The summed E-state index contributed by atoms with van der Waals surface area (Å²) in [4.78, 5) is 2.42. The molecule has 0 amide bonds. The minimum Gasteiger partial charge on any atom is -0.390 e. The molecule has 0 radical (unpaired) electrons. The van der Waals surface area contributed by atoms with Crippen molar-refractivity contribution in [2.24, 2.45) is 5.11 Å². The van der Waals surface area contributed by atoms with Crippen LogP contribution in [0.3, 0.4) is 0 Å². The maximum atomic E-state index is 12.6. The lowest BCUT2D eigenvalue weighted by atomic mass is 9.99. The normalized spacial score (nSPS) is 14.2. The van der Waals surface area contributed by atoms with Crippen LogP contribution in [0.25, 0.3) is 10.4 Å². The standard InChI is InChI=1S/C10H11F2N3O2/c11-10(12)7-4-2-1-3-6(7)9(17)8(16)5-14-15-13/h1-4,8-10,16-17H,5H2. The van der Waals surface area contributed by atoms with Crippen LogP contribution in [0, 0.1) is 0 Å². The van der Waals surface area contributed by atoms with Gasteiger partial charge in [-0.2, -0.15) is 0 Å². The summed E-state index contributed by atoms with van der Waals surface area (Å²) in [6.45, 7) is -0.380. The highest BCUT2D eigenvalue weighted by Gasteiger charge is 2.23. The first-order valence-electron chi connectivity index (χ1n) is 4.82. The summed E-state index contributed by atoms with van der Waals surface area (Å²) < 4.78 is 25.3. The van der Waals surface area contributed by atoms with Gasteiger partial charge in [-0.3, -0.25) is 0 Å². The van der Waals surface area contributed by atoms with Gasteiger partial charge in [-0.05, 0) is 11.1 Å². The molecule has 0 saturated heterocycles. The number of aliphatic hydroxyl groups excluding tert-OH is 2. The zero-order valence-corrected chi connectivity index (χ0v) is 8.74. The molecular weight excluding hydrogens is 232 g/mol. The molecule has 0 aromatic heterocycles. The molecule has 0 bridgehead atoms. The highest BCUT2D eigenvalue weighted by molar-refractivity contribution is 5.30. The van der Waals surface area contributed by atoms with Gasteiger partial charge in [-0.1, -0.05) is 29.4 Å². The fraction of sp³-hybridized carbons (Fsp3) is 0.400. The third kappa shape index (κ3) is 3.39. The lowest BCUT2D eigenvalue weighted by Gasteiger charge is -2.19. The van der Waals surface area contributed by atoms with Crippen LogP contribution in [0.2, 0.25) is 0 Å². The van der Waals surface area contributed by atoms with Gasteiger partial charge < -0.3 is 10.2 Å². The highest BCUT2D eigenvalue weighted by atomic mass is 19.3. The van der Waals surface area contributed by atoms with Crippen LogP contribution >= 0.6 is 0 Å². The Labute approximate surface area is 95.9 Å². The quantitative estimate of drug-likeness (QED) is 0.472. The molecule has 1 rings (SSSR count). The zero-order chi connectivity index (χ0) is 12.8. The van der Waals surface area contributed by atoms with E-state index in [0.717, 1.165) is 0 Å². The zero-order valence-electron chi connectivity index (χ0n) is 8.74. The molecule has 2 unspecified atom stereocenters. The third-order valence-electron chi connectivity index (χ3n) is 2.25. The molecule has 0 heterocycles. The van der Waals surface area contributed by atoms with E-state index in [1.165, 1.54) is 24.3 Å². The number of benzene rings is 1. The largest absolute Gasteiger partial charge is 0.390 e. The molecule has 1 aromatic rings. The van der Waals surface area contributed by atoms with E-state index < -0.39 is 18.6 Å². The van der Waals surface area contributed by atoms with Gasteiger partial charge in [-0.15, -0.1) is 0 Å². The van der Waals surface area contributed by atoms with Crippen molar-refractivity contribution in [1.82, 2.24) is 0 Å². The summed E-state index contributed by atoms with van der Waals surface area (Å²) in [7, 11) is 0. The molecule has 17 heavy (non-hydrogen) atoms. The predicted molar refractivity (Wildman–Crippen MR) is 56.4 cm³/mol. The fourth-order valence-electron chi connectivity index (χ4n) is 1.41. The van der Waals surface area contributed by atoms with Crippen molar-refractivity contribution in [2.75, 3.05) is 6.54 Å². The van der Waals surface area contributed by atoms with Crippen LogP contribution < -0.4 is 0 Å². The predicted octanol–water partition coefficient (Wildman–Crippen LogP) is 2.33. The number of aliphatic hydroxyl groups is 2. The number of hydrogen-bond acceptors (Lipinski definition) is 3. The first-order valence-corrected chi connectivity index (χ1v) is 4.82. The first-order chi connectivity index (χ1) is 8.07. The van der Waals surface area contributed by atoms with Crippen molar-refractivity contribution < 1.29 is 19.0 Å². The third-order valence-corrected chi connectivity index (χ3v) is 2.25. The Bertz CT molecular complexity index is 422. The van der Waals surface area contributed by atoms with Crippen LogP contribution in [-0.2, 0) is 0 Å². The van der Waals surface area contributed by atoms with Crippen molar-refractivity contribution in [3.63, 3.8) is 0 Å². The number of azide groups is 1. The van der Waals surface area contributed by atoms with Crippen LogP contribution in [0.15, 0.2) is 29.4 Å². The van der Waals surface area contributed by atoms with Crippen LogP contribution in [0.1, 0.15) is 23.7 Å². The average molecular weight is 243 g/mol. The van der Waals surface area contributed by atoms with Gasteiger partial charge >= 0.3 is 0 Å². The van der Waals surface area contributed by atoms with E-state index in [1.807, 2.05) is 0 Å².